The number of rotatable bonds is 2. The molecule has 0 aromatic carbocycles. The summed E-state index contributed by atoms with van der Waals surface area (Å²) in [5.41, 5.74) is 6.26. The first-order valence-corrected chi connectivity index (χ1v) is 6.61. The second kappa shape index (κ2) is 5.34. The number of aromatic nitrogens is 1. The fourth-order valence-electron chi connectivity index (χ4n) is 1.81. The van der Waals surface area contributed by atoms with Gasteiger partial charge in [-0.05, 0) is 47.3 Å². The van der Waals surface area contributed by atoms with Gasteiger partial charge < -0.3 is 15.8 Å². The van der Waals surface area contributed by atoms with Gasteiger partial charge in [-0.3, -0.25) is 4.79 Å². The van der Waals surface area contributed by atoms with Gasteiger partial charge in [0.05, 0.1) is 0 Å². The molecule has 1 aromatic rings. The van der Waals surface area contributed by atoms with Crippen LogP contribution in [0.5, 0.6) is 0 Å². The minimum absolute atomic E-state index is 0.194. The van der Waals surface area contributed by atoms with Gasteiger partial charge in [-0.2, -0.15) is 0 Å². The molecular weight excluding hydrogens is 298 g/mol. The Balaban J connectivity index is 2.08. The van der Waals surface area contributed by atoms with Crippen LogP contribution >= 0.6 is 15.9 Å². The zero-order chi connectivity index (χ0) is 13.2. The number of hydrogen-bond donors (Lipinski definition) is 2. The summed E-state index contributed by atoms with van der Waals surface area (Å²) in [6.07, 6.45) is 2.74. The van der Waals surface area contributed by atoms with Crippen molar-refractivity contribution in [2.45, 2.75) is 25.3 Å². The highest BCUT2D eigenvalue weighted by Crippen LogP contribution is 2.21. The topological polar surface area (TPSA) is 77.2 Å². The third-order valence-electron chi connectivity index (χ3n) is 3.13. The molecule has 0 bridgehead atoms. The Kier molecular flexibility index (Phi) is 3.99. The van der Waals surface area contributed by atoms with Crippen molar-refractivity contribution in [3.63, 3.8) is 0 Å². The van der Waals surface area contributed by atoms with Crippen LogP contribution in [0.4, 0.5) is 5.82 Å². The van der Waals surface area contributed by atoms with E-state index in [-0.39, 0.29) is 5.91 Å². The molecule has 0 spiro atoms. The van der Waals surface area contributed by atoms with Crippen LogP contribution in [-0.4, -0.2) is 29.6 Å². The summed E-state index contributed by atoms with van der Waals surface area (Å²) in [7, 11) is 0. The van der Waals surface area contributed by atoms with E-state index >= 15 is 0 Å². The van der Waals surface area contributed by atoms with Gasteiger partial charge in [0.1, 0.15) is 11.4 Å². The SMILES string of the molecule is Cc1cc(NC(=O)C2(N)CCOCC2)ncc1Br. The Bertz CT molecular complexity index is 459. The number of pyridine rings is 1. The molecule has 0 aliphatic carbocycles. The first-order valence-electron chi connectivity index (χ1n) is 5.81. The fraction of sp³-hybridized carbons (Fsp3) is 0.500. The largest absolute Gasteiger partial charge is 0.381 e. The molecule has 0 radical (unpaired) electrons. The average Bonchev–Trinajstić information content (AvgIpc) is 2.35. The van der Waals surface area contributed by atoms with E-state index in [2.05, 4.69) is 26.2 Å². The van der Waals surface area contributed by atoms with Crippen molar-refractivity contribution in [3.05, 3.63) is 22.3 Å². The van der Waals surface area contributed by atoms with Crippen molar-refractivity contribution in [1.82, 2.24) is 4.98 Å². The molecule has 1 aromatic heterocycles. The molecule has 0 unspecified atom stereocenters. The number of carbonyl (C=O) groups excluding carboxylic acids is 1. The summed E-state index contributed by atoms with van der Waals surface area (Å²) in [4.78, 5) is 16.3. The summed E-state index contributed by atoms with van der Waals surface area (Å²) in [6, 6.07) is 1.81. The van der Waals surface area contributed by atoms with Crippen LogP contribution in [0.15, 0.2) is 16.7 Å². The number of nitrogens with one attached hydrogen (secondary N) is 1. The molecule has 1 amide bonds. The van der Waals surface area contributed by atoms with Gasteiger partial charge >= 0.3 is 0 Å². The van der Waals surface area contributed by atoms with Crippen LogP contribution in [-0.2, 0) is 9.53 Å². The molecule has 0 atom stereocenters. The second-order valence-corrected chi connectivity index (χ2v) is 5.40. The number of hydrogen-bond acceptors (Lipinski definition) is 4. The highest BCUT2D eigenvalue weighted by molar-refractivity contribution is 9.10. The molecule has 1 aliphatic heterocycles. The molecule has 98 valence electrons. The highest BCUT2D eigenvalue weighted by atomic mass is 79.9. The lowest BCUT2D eigenvalue weighted by Crippen LogP contribution is -2.54. The van der Waals surface area contributed by atoms with E-state index in [9.17, 15) is 4.79 Å². The lowest BCUT2D eigenvalue weighted by molar-refractivity contribution is -0.124. The third-order valence-corrected chi connectivity index (χ3v) is 3.96. The predicted molar refractivity (Wildman–Crippen MR) is 72.3 cm³/mol. The summed E-state index contributed by atoms with van der Waals surface area (Å²) in [5, 5.41) is 2.77. The van der Waals surface area contributed by atoms with E-state index in [1.807, 2.05) is 13.0 Å². The Morgan fingerprint density at radius 3 is 2.83 bits per heavy atom. The standard InChI is InChI=1S/C12H16BrN3O2/c1-8-6-10(15-7-9(8)13)16-11(17)12(14)2-4-18-5-3-12/h6-7H,2-5,14H2,1H3,(H,15,16,17). The number of anilines is 1. The summed E-state index contributed by atoms with van der Waals surface area (Å²) < 4.78 is 6.13. The molecule has 18 heavy (non-hydrogen) atoms. The van der Waals surface area contributed by atoms with E-state index in [4.69, 9.17) is 10.5 Å². The second-order valence-electron chi connectivity index (χ2n) is 4.54. The van der Waals surface area contributed by atoms with Gasteiger partial charge in [0.2, 0.25) is 5.91 Å². The molecule has 1 saturated heterocycles. The zero-order valence-electron chi connectivity index (χ0n) is 10.2. The lowest BCUT2D eigenvalue weighted by Gasteiger charge is -2.31. The molecular formula is C12H16BrN3O2. The number of nitrogens with zero attached hydrogens (tertiary/aromatic N) is 1. The lowest BCUT2D eigenvalue weighted by atomic mass is 9.90. The molecule has 1 fully saturated rings. The number of amides is 1. The van der Waals surface area contributed by atoms with Crippen LogP contribution in [0.2, 0.25) is 0 Å². The minimum Gasteiger partial charge on any atom is -0.381 e. The van der Waals surface area contributed by atoms with E-state index in [0.717, 1.165) is 10.0 Å². The summed E-state index contributed by atoms with van der Waals surface area (Å²) in [5.74, 6) is 0.331. The smallest absolute Gasteiger partial charge is 0.245 e. The van der Waals surface area contributed by atoms with Crippen molar-refractivity contribution in [2.75, 3.05) is 18.5 Å². The fourth-order valence-corrected chi connectivity index (χ4v) is 2.03. The van der Waals surface area contributed by atoms with Crippen molar-refractivity contribution < 1.29 is 9.53 Å². The molecule has 6 heteroatoms. The first-order chi connectivity index (χ1) is 8.51. The van der Waals surface area contributed by atoms with Crippen molar-refractivity contribution in [3.8, 4) is 0 Å². The Labute approximate surface area is 114 Å². The maximum absolute atomic E-state index is 12.1. The maximum atomic E-state index is 12.1. The summed E-state index contributed by atoms with van der Waals surface area (Å²) >= 11 is 3.37. The quantitative estimate of drug-likeness (QED) is 0.869. The number of nitrogens with two attached hydrogens (primary N) is 1. The molecule has 2 rings (SSSR count). The van der Waals surface area contributed by atoms with E-state index in [1.165, 1.54) is 0 Å². The molecule has 5 nitrogen and oxygen atoms in total. The minimum atomic E-state index is -0.846. The van der Waals surface area contributed by atoms with E-state index in [1.54, 1.807) is 6.20 Å². The van der Waals surface area contributed by atoms with Gasteiger partial charge in [0, 0.05) is 23.9 Å². The summed E-state index contributed by atoms with van der Waals surface area (Å²) in [6.45, 7) is 2.99. The van der Waals surface area contributed by atoms with Crippen molar-refractivity contribution in [1.29, 1.82) is 0 Å². The van der Waals surface area contributed by atoms with E-state index < -0.39 is 5.54 Å². The van der Waals surface area contributed by atoms with E-state index in [0.29, 0.717) is 31.9 Å². The normalized spacial score (nSPS) is 18.4. The zero-order valence-corrected chi connectivity index (χ0v) is 11.8. The molecule has 2 heterocycles. The van der Waals surface area contributed by atoms with Crippen LogP contribution in [0, 0.1) is 6.92 Å². The van der Waals surface area contributed by atoms with Crippen molar-refractivity contribution in [2.24, 2.45) is 5.73 Å². The number of aryl methyl sites for hydroxylation is 1. The maximum Gasteiger partial charge on any atom is 0.245 e. The van der Waals surface area contributed by atoms with Gasteiger partial charge in [-0.25, -0.2) is 4.98 Å². The third kappa shape index (κ3) is 2.88. The van der Waals surface area contributed by atoms with Crippen LogP contribution < -0.4 is 11.1 Å². The van der Waals surface area contributed by atoms with Gasteiger partial charge in [0.25, 0.3) is 0 Å². The van der Waals surface area contributed by atoms with Crippen LogP contribution in [0.1, 0.15) is 18.4 Å². The molecule has 1 aliphatic rings. The van der Waals surface area contributed by atoms with Crippen molar-refractivity contribution >= 4 is 27.7 Å². The average molecular weight is 314 g/mol. The highest BCUT2D eigenvalue weighted by Gasteiger charge is 2.36. The molecule has 3 N–H and O–H groups in total. The number of ether oxygens (including phenoxy) is 1. The first kappa shape index (κ1) is 13.5. The van der Waals surface area contributed by atoms with Gasteiger partial charge in [-0.15, -0.1) is 0 Å². The number of halogens is 1. The monoisotopic (exact) mass is 313 g/mol. The van der Waals surface area contributed by atoms with Gasteiger partial charge in [-0.1, -0.05) is 0 Å². The van der Waals surface area contributed by atoms with Crippen LogP contribution in [0.25, 0.3) is 0 Å². The van der Waals surface area contributed by atoms with Gasteiger partial charge in [0.15, 0.2) is 0 Å². The molecule has 0 saturated carbocycles. The Morgan fingerprint density at radius 2 is 2.22 bits per heavy atom. The predicted octanol–water partition coefficient (Wildman–Crippen LogP) is 1.60. The number of carbonyl (C=O) groups is 1. The Hall–Kier alpha value is -0.980. The Morgan fingerprint density at radius 1 is 1.56 bits per heavy atom. The van der Waals surface area contributed by atoms with Crippen LogP contribution in [0.3, 0.4) is 0 Å².